The van der Waals surface area contributed by atoms with E-state index in [9.17, 15) is 24.6 Å². The van der Waals surface area contributed by atoms with Crippen LogP contribution in [0.4, 0.5) is 0 Å². The summed E-state index contributed by atoms with van der Waals surface area (Å²) in [5, 5.41) is 33.7. The number of hydrogen-bond acceptors (Lipinski definition) is 11. The number of unbranched alkanes of at least 4 members (excludes halogenated alkanes) is 2. The van der Waals surface area contributed by atoms with Crippen LogP contribution < -0.4 is 26.8 Å². The fraction of sp³-hybridized carbons (Fsp3) is 0.708. The van der Waals surface area contributed by atoms with Crippen molar-refractivity contribution < 1.29 is 24.5 Å². The van der Waals surface area contributed by atoms with Gasteiger partial charge in [0.2, 0.25) is 5.91 Å². The monoisotopic (exact) mass is 549 g/mol. The number of amides is 2. The Morgan fingerprint density at radius 2 is 1.67 bits per heavy atom. The fourth-order valence-electron chi connectivity index (χ4n) is 4.72. The quantitative estimate of drug-likeness (QED) is 0.166. The first kappa shape index (κ1) is 29.0. The Balaban J connectivity index is 1.17. The van der Waals surface area contributed by atoms with Gasteiger partial charge in [-0.1, -0.05) is 6.42 Å². The van der Waals surface area contributed by atoms with Gasteiger partial charge in [0.25, 0.3) is 11.5 Å². The van der Waals surface area contributed by atoms with Gasteiger partial charge in [0.15, 0.2) is 23.5 Å². The predicted octanol–water partition coefficient (Wildman–Crippen LogP) is -2.97. The number of nitrogens with zero attached hydrogens (tertiary/aromatic N) is 4. The number of H-pyrrole nitrogens is 1. The first-order valence-corrected chi connectivity index (χ1v) is 13.6. The standard InChI is InChI=1S/C24H39N9O6/c34-16(32-12-10-26-8-6-25-7-9-27-11-13-32)4-2-1-3-5-28-23(38)20-18(35)19(36)24(39-20)33-15-31-17-21(33)29-14-30-22(17)37/h14-15,18-20,24-27,35-36H,1-13H2,(H,28,38)(H,29,30,37)/t18-,19+,20-,24?/m0/s1. The zero-order chi connectivity index (χ0) is 27.6. The molecule has 15 nitrogen and oxygen atoms in total. The van der Waals surface area contributed by atoms with E-state index >= 15 is 0 Å². The average Bonchev–Trinajstić information content (AvgIpc) is 3.48. The minimum Gasteiger partial charge on any atom is -0.387 e. The molecule has 2 amide bonds. The number of aromatic nitrogens is 4. The smallest absolute Gasteiger partial charge is 0.278 e. The summed E-state index contributed by atoms with van der Waals surface area (Å²) in [7, 11) is 0. The van der Waals surface area contributed by atoms with E-state index in [2.05, 4.69) is 36.2 Å². The van der Waals surface area contributed by atoms with Crippen molar-refractivity contribution in [2.24, 2.45) is 0 Å². The highest BCUT2D eigenvalue weighted by atomic mass is 16.6. The van der Waals surface area contributed by atoms with Gasteiger partial charge in [-0.25, -0.2) is 9.97 Å². The molecule has 0 radical (unpaired) electrons. The lowest BCUT2D eigenvalue weighted by Gasteiger charge is -2.24. The second kappa shape index (κ2) is 14.4. The van der Waals surface area contributed by atoms with Crippen molar-refractivity contribution >= 4 is 23.0 Å². The Labute approximate surface area is 225 Å². The van der Waals surface area contributed by atoms with E-state index in [1.54, 1.807) is 0 Å². The van der Waals surface area contributed by atoms with Crippen LogP contribution in [0.5, 0.6) is 0 Å². The van der Waals surface area contributed by atoms with Gasteiger partial charge in [-0.15, -0.1) is 0 Å². The van der Waals surface area contributed by atoms with E-state index in [0.717, 1.165) is 45.7 Å². The van der Waals surface area contributed by atoms with Crippen molar-refractivity contribution in [2.45, 2.75) is 50.2 Å². The normalized spacial score (nSPS) is 25.2. The number of rotatable bonds is 8. The molecule has 216 valence electrons. The molecule has 2 aliphatic heterocycles. The van der Waals surface area contributed by atoms with Gasteiger partial charge < -0.3 is 46.1 Å². The van der Waals surface area contributed by atoms with Crippen LogP contribution in [0.3, 0.4) is 0 Å². The summed E-state index contributed by atoms with van der Waals surface area (Å²) in [4.78, 5) is 49.6. The van der Waals surface area contributed by atoms with E-state index in [4.69, 9.17) is 4.74 Å². The van der Waals surface area contributed by atoms with Gasteiger partial charge in [-0.3, -0.25) is 19.0 Å². The molecule has 0 aromatic carbocycles. The molecule has 0 spiro atoms. The highest BCUT2D eigenvalue weighted by Gasteiger charge is 2.47. The minimum absolute atomic E-state index is 0.0585. The van der Waals surface area contributed by atoms with Crippen LogP contribution in [-0.2, 0) is 14.3 Å². The van der Waals surface area contributed by atoms with E-state index in [1.165, 1.54) is 17.2 Å². The molecule has 2 aromatic heterocycles. The third-order valence-corrected chi connectivity index (χ3v) is 6.93. The second-order valence-electron chi connectivity index (χ2n) is 9.72. The summed E-state index contributed by atoms with van der Waals surface area (Å²) in [5.41, 5.74) is -0.223. The van der Waals surface area contributed by atoms with Crippen LogP contribution in [0.1, 0.15) is 31.9 Å². The molecule has 0 saturated carbocycles. The number of ether oxygens (including phenoxy) is 1. The van der Waals surface area contributed by atoms with Gasteiger partial charge in [0.1, 0.15) is 12.2 Å². The zero-order valence-electron chi connectivity index (χ0n) is 22.0. The number of aliphatic hydroxyl groups excluding tert-OH is 2. The molecule has 15 heteroatoms. The van der Waals surface area contributed by atoms with Crippen LogP contribution in [0.2, 0.25) is 0 Å². The Bertz CT molecular complexity index is 1130. The third kappa shape index (κ3) is 7.58. The highest BCUT2D eigenvalue weighted by Crippen LogP contribution is 2.31. The summed E-state index contributed by atoms with van der Waals surface area (Å²) in [6.07, 6.45) is -0.269. The van der Waals surface area contributed by atoms with Crippen molar-refractivity contribution in [1.82, 2.24) is 45.7 Å². The van der Waals surface area contributed by atoms with E-state index < -0.39 is 36.0 Å². The largest absolute Gasteiger partial charge is 0.387 e. The molecular formula is C24H39N9O6. The molecule has 0 bridgehead atoms. The number of fused-ring (bicyclic) bond motifs is 1. The van der Waals surface area contributed by atoms with Crippen molar-refractivity contribution in [2.75, 3.05) is 58.9 Å². The van der Waals surface area contributed by atoms with Gasteiger partial charge in [-0.05, 0) is 12.8 Å². The molecule has 1 unspecified atom stereocenters. The Hall–Kier alpha value is -2.95. The molecule has 39 heavy (non-hydrogen) atoms. The Morgan fingerprint density at radius 1 is 0.974 bits per heavy atom. The number of aromatic amines is 1. The number of carbonyl (C=O) groups is 2. The third-order valence-electron chi connectivity index (χ3n) is 6.93. The molecule has 7 N–H and O–H groups in total. The average molecular weight is 550 g/mol. The molecule has 2 aliphatic rings. The first-order valence-electron chi connectivity index (χ1n) is 13.6. The van der Waals surface area contributed by atoms with Gasteiger partial charge in [0.05, 0.1) is 12.7 Å². The molecule has 0 aliphatic carbocycles. The maximum absolute atomic E-state index is 12.7. The first-order chi connectivity index (χ1) is 19.0. The van der Waals surface area contributed by atoms with E-state index in [0.29, 0.717) is 38.9 Å². The maximum Gasteiger partial charge on any atom is 0.278 e. The lowest BCUT2D eigenvalue weighted by atomic mass is 10.1. The Kier molecular flexibility index (Phi) is 10.8. The highest BCUT2D eigenvalue weighted by molar-refractivity contribution is 5.82. The molecule has 2 saturated heterocycles. The molecular weight excluding hydrogens is 510 g/mol. The summed E-state index contributed by atoms with van der Waals surface area (Å²) in [6, 6.07) is 0. The van der Waals surface area contributed by atoms with Gasteiger partial charge >= 0.3 is 0 Å². The summed E-state index contributed by atoms with van der Waals surface area (Å²) < 4.78 is 6.99. The van der Waals surface area contributed by atoms with Crippen LogP contribution in [0, 0.1) is 0 Å². The van der Waals surface area contributed by atoms with E-state index in [-0.39, 0.29) is 17.1 Å². The van der Waals surface area contributed by atoms with Crippen molar-refractivity contribution in [3.05, 3.63) is 23.0 Å². The lowest BCUT2D eigenvalue weighted by molar-refractivity contribution is -0.137. The van der Waals surface area contributed by atoms with Gasteiger partial charge in [0, 0.05) is 65.3 Å². The van der Waals surface area contributed by atoms with Crippen molar-refractivity contribution in [3.8, 4) is 0 Å². The van der Waals surface area contributed by atoms with Crippen LogP contribution in [0.15, 0.2) is 17.4 Å². The SMILES string of the molecule is O=C(NCCCCCC(=O)N1CCNCCNCCNCC1)[C@H]1OC(n2cnc3c(=O)[nH]cnc32)[C@H](O)[C@@H]1O. The minimum atomic E-state index is -1.47. The number of hydrogen-bond donors (Lipinski definition) is 7. The molecule has 2 aromatic rings. The fourth-order valence-corrected chi connectivity index (χ4v) is 4.72. The number of carbonyl (C=O) groups excluding carboxylic acids is 2. The summed E-state index contributed by atoms with van der Waals surface area (Å²) in [6.45, 7) is 6.76. The van der Waals surface area contributed by atoms with Crippen LogP contribution >= 0.6 is 0 Å². The molecule has 4 atom stereocenters. The van der Waals surface area contributed by atoms with Crippen molar-refractivity contribution in [3.63, 3.8) is 0 Å². The predicted molar refractivity (Wildman–Crippen MR) is 141 cm³/mol. The van der Waals surface area contributed by atoms with Crippen LogP contribution in [-0.4, -0.2) is 124 Å². The van der Waals surface area contributed by atoms with Crippen LogP contribution in [0.25, 0.3) is 11.2 Å². The lowest BCUT2D eigenvalue weighted by Crippen LogP contribution is -2.44. The topological polar surface area (TPSA) is 199 Å². The summed E-state index contributed by atoms with van der Waals surface area (Å²) >= 11 is 0. The second-order valence-corrected chi connectivity index (χ2v) is 9.72. The Morgan fingerprint density at radius 3 is 2.38 bits per heavy atom. The van der Waals surface area contributed by atoms with E-state index in [1.807, 2.05) is 4.90 Å². The zero-order valence-corrected chi connectivity index (χ0v) is 22.0. The number of nitrogens with one attached hydrogen (secondary N) is 5. The molecule has 4 heterocycles. The molecule has 4 rings (SSSR count). The van der Waals surface area contributed by atoms with Crippen molar-refractivity contribution in [1.29, 1.82) is 0 Å². The maximum atomic E-state index is 12.7. The van der Waals surface area contributed by atoms with Gasteiger partial charge in [-0.2, -0.15) is 0 Å². The summed E-state index contributed by atoms with van der Waals surface area (Å²) in [5.74, 6) is -0.422. The molecule has 2 fully saturated rings. The number of imidazole rings is 1. The number of aliphatic hydroxyl groups is 2.